The molecule has 5 nitrogen and oxygen atoms in total. The Labute approximate surface area is 186 Å². The van der Waals surface area contributed by atoms with Gasteiger partial charge in [-0.15, -0.1) is 11.3 Å². The van der Waals surface area contributed by atoms with E-state index in [-0.39, 0.29) is 16.8 Å². The van der Waals surface area contributed by atoms with Gasteiger partial charge in [-0.05, 0) is 35.9 Å². The first-order chi connectivity index (χ1) is 14.0. The molecule has 0 saturated heterocycles. The summed E-state index contributed by atoms with van der Waals surface area (Å²) in [7, 11) is 0. The van der Waals surface area contributed by atoms with Gasteiger partial charge in [0.15, 0.2) is 10.6 Å². The van der Waals surface area contributed by atoms with Crippen molar-refractivity contribution in [3.8, 4) is 0 Å². The maximum atomic E-state index is 13.4. The minimum absolute atomic E-state index is 0.0103. The molecular formula is C20H9BrCl2N2O3S. The maximum absolute atomic E-state index is 13.4. The quantitative estimate of drug-likeness (QED) is 0.330. The highest BCUT2D eigenvalue weighted by Gasteiger charge is 2.44. The Hall–Kier alpha value is -2.19. The average Bonchev–Trinajstić information content (AvgIpc) is 3.32. The number of hydrogen-bond acceptors (Lipinski definition) is 5. The number of thiazole rings is 1. The van der Waals surface area contributed by atoms with Crippen LogP contribution < -0.4 is 10.3 Å². The first-order valence-corrected chi connectivity index (χ1v) is 10.8. The van der Waals surface area contributed by atoms with Crippen LogP contribution in [0.4, 0.5) is 5.13 Å². The Morgan fingerprint density at radius 3 is 2.66 bits per heavy atom. The van der Waals surface area contributed by atoms with Crippen LogP contribution in [-0.2, 0) is 0 Å². The summed E-state index contributed by atoms with van der Waals surface area (Å²) in [6.45, 7) is 0. The van der Waals surface area contributed by atoms with Crippen molar-refractivity contribution in [2.75, 3.05) is 4.90 Å². The summed E-state index contributed by atoms with van der Waals surface area (Å²) >= 11 is 17.0. The molecule has 0 radical (unpaired) electrons. The Bertz CT molecular complexity index is 1350. The van der Waals surface area contributed by atoms with Gasteiger partial charge in [0.25, 0.3) is 5.91 Å². The first kappa shape index (κ1) is 18.8. The van der Waals surface area contributed by atoms with Gasteiger partial charge < -0.3 is 4.42 Å². The summed E-state index contributed by atoms with van der Waals surface area (Å²) in [6.07, 6.45) is 1.60. The van der Waals surface area contributed by atoms with E-state index < -0.39 is 11.9 Å². The molecule has 0 spiro atoms. The van der Waals surface area contributed by atoms with Crippen molar-refractivity contribution < 1.29 is 9.21 Å². The van der Waals surface area contributed by atoms with E-state index in [0.717, 1.165) is 4.47 Å². The molecule has 1 aliphatic heterocycles. The summed E-state index contributed by atoms with van der Waals surface area (Å²) in [6, 6.07) is 9.41. The number of benzene rings is 2. The third kappa shape index (κ3) is 2.92. The van der Waals surface area contributed by atoms with Crippen LogP contribution in [-0.4, -0.2) is 10.9 Å². The van der Waals surface area contributed by atoms with E-state index >= 15 is 0 Å². The highest BCUT2D eigenvalue weighted by Crippen LogP contribution is 2.43. The summed E-state index contributed by atoms with van der Waals surface area (Å²) in [4.78, 5) is 32.5. The zero-order valence-electron chi connectivity index (χ0n) is 14.4. The highest BCUT2D eigenvalue weighted by molar-refractivity contribution is 9.10. The molecule has 5 rings (SSSR count). The first-order valence-electron chi connectivity index (χ1n) is 8.40. The minimum atomic E-state index is -0.724. The maximum Gasteiger partial charge on any atom is 0.297 e. The number of carbonyl (C=O) groups excluding carboxylic acids is 1. The second-order valence-corrected chi connectivity index (χ2v) is 8.98. The predicted molar refractivity (Wildman–Crippen MR) is 117 cm³/mol. The van der Waals surface area contributed by atoms with E-state index in [1.165, 1.54) is 16.2 Å². The van der Waals surface area contributed by atoms with Gasteiger partial charge in [-0.25, -0.2) is 4.98 Å². The summed E-state index contributed by atoms with van der Waals surface area (Å²) in [5, 5.41) is 3.33. The fourth-order valence-electron chi connectivity index (χ4n) is 3.48. The van der Waals surface area contributed by atoms with Crippen LogP contribution in [0, 0.1) is 0 Å². The van der Waals surface area contributed by atoms with Gasteiger partial charge in [0, 0.05) is 16.0 Å². The molecule has 4 aromatic rings. The highest BCUT2D eigenvalue weighted by atomic mass is 79.9. The Balaban J connectivity index is 1.84. The van der Waals surface area contributed by atoms with Crippen LogP contribution >= 0.6 is 50.5 Å². The number of hydrogen-bond donors (Lipinski definition) is 0. The van der Waals surface area contributed by atoms with E-state index in [9.17, 15) is 9.59 Å². The molecule has 2 aromatic heterocycles. The van der Waals surface area contributed by atoms with Crippen molar-refractivity contribution in [2.45, 2.75) is 6.04 Å². The number of rotatable bonds is 2. The standard InChI is InChI=1S/C20H9BrCl2N2O3S/c21-10-2-4-14-11(8-10)17(26)15-16(9-1-3-12(22)13(23)7-9)25(19(27)18(15)28-14)20-24-5-6-29-20/h1-8,16H/t16-/m1/s1. The molecule has 29 heavy (non-hydrogen) atoms. The normalized spacial score (nSPS) is 15.9. The van der Waals surface area contributed by atoms with E-state index in [4.69, 9.17) is 27.6 Å². The van der Waals surface area contributed by atoms with Crippen LogP contribution in [0.5, 0.6) is 0 Å². The predicted octanol–water partition coefficient (Wildman–Crippen LogP) is 6.07. The zero-order chi connectivity index (χ0) is 20.3. The summed E-state index contributed by atoms with van der Waals surface area (Å²) in [5.41, 5.74) is 0.975. The molecule has 144 valence electrons. The Morgan fingerprint density at radius 2 is 1.93 bits per heavy atom. The van der Waals surface area contributed by atoms with Gasteiger partial charge in [-0.2, -0.15) is 0 Å². The lowest BCUT2D eigenvalue weighted by atomic mass is 9.99. The monoisotopic (exact) mass is 506 g/mol. The zero-order valence-corrected chi connectivity index (χ0v) is 18.3. The van der Waals surface area contributed by atoms with Crippen LogP contribution in [0.1, 0.15) is 27.7 Å². The average molecular weight is 508 g/mol. The van der Waals surface area contributed by atoms with E-state index in [1.807, 2.05) is 0 Å². The molecule has 1 aliphatic rings. The molecule has 1 amide bonds. The molecular weight excluding hydrogens is 499 g/mol. The van der Waals surface area contributed by atoms with E-state index in [1.54, 1.807) is 48.0 Å². The molecule has 9 heteroatoms. The van der Waals surface area contributed by atoms with Gasteiger partial charge in [0.2, 0.25) is 5.76 Å². The number of halogens is 3. The van der Waals surface area contributed by atoms with Gasteiger partial charge in [-0.1, -0.05) is 45.2 Å². The number of anilines is 1. The van der Waals surface area contributed by atoms with Crippen molar-refractivity contribution in [1.82, 2.24) is 4.98 Å². The Morgan fingerprint density at radius 1 is 1.10 bits per heavy atom. The van der Waals surface area contributed by atoms with Gasteiger partial charge in [0.05, 0.1) is 27.0 Å². The number of nitrogens with zero attached hydrogens (tertiary/aromatic N) is 2. The second kappa shape index (κ2) is 6.95. The van der Waals surface area contributed by atoms with Crippen molar-refractivity contribution in [3.05, 3.63) is 89.6 Å². The molecule has 0 N–H and O–H groups in total. The SMILES string of the molecule is O=C1c2oc3ccc(Br)cc3c(=O)c2[C@@H](c2ccc(Cl)c(Cl)c2)N1c1nccs1. The van der Waals surface area contributed by atoms with Gasteiger partial charge >= 0.3 is 0 Å². The molecule has 0 bridgehead atoms. The molecule has 0 fully saturated rings. The third-order valence-electron chi connectivity index (χ3n) is 4.72. The van der Waals surface area contributed by atoms with Crippen molar-refractivity contribution in [2.24, 2.45) is 0 Å². The summed E-state index contributed by atoms with van der Waals surface area (Å²) < 4.78 is 6.63. The lowest BCUT2D eigenvalue weighted by Crippen LogP contribution is -2.29. The summed E-state index contributed by atoms with van der Waals surface area (Å²) in [5.74, 6) is -0.413. The van der Waals surface area contributed by atoms with Gasteiger partial charge in [-0.3, -0.25) is 14.5 Å². The Kier molecular flexibility index (Phi) is 4.51. The van der Waals surface area contributed by atoms with Crippen LogP contribution in [0.2, 0.25) is 10.0 Å². The molecule has 0 aliphatic carbocycles. The molecule has 0 unspecified atom stereocenters. The number of amides is 1. The van der Waals surface area contributed by atoms with E-state index in [2.05, 4.69) is 20.9 Å². The fourth-order valence-corrected chi connectivity index (χ4v) is 4.81. The third-order valence-corrected chi connectivity index (χ3v) is 6.72. The minimum Gasteiger partial charge on any atom is -0.450 e. The van der Waals surface area contributed by atoms with Crippen LogP contribution in [0.3, 0.4) is 0 Å². The molecule has 0 saturated carbocycles. The molecule has 1 atom stereocenters. The molecule has 3 heterocycles. The van der Waals surface area contributed by atoms with Crippen LogP contribution in [0.15, 0.2) is 61.7 Å². The lowest BCUT2D eigenvalue weighted by molar-refractivity contribution is 0.0971. The van der Waals surface area contributed by atoms with Gasteiger partial charge in [0.1, 0.15) is 5.58 Å². The number of fused-ring (bicyclic) bond motifs is 2. The largest absolute Gasteiger partial charge is 0.450 e. The fraction of sp³-hybridized carbons (Fsp3) is 0.0500. The van der Waals surface area contributed by atoms with Crippen LogP contribution in [0.25, 0.3) is 11.0 Å². The topological polar surface area (TPSA) is 63.4 Å². The number of aromatic nitrogens is 1. The van der Waals surface area contributed by atoms with E-state index in [0.29, 0.717) is 31.7 Å². The smallest absolute Gasteiger partial charge is 0.297 e. The van der Waals surface area contributed by atoms with Crippen molar-refractivity contribution in [1.29, 1.82) is 0 Å². The number of carbonyl (C=O) groups is 1. The van der Waals surface area contributed by atoms with Crippen molar-refractivity contribution >= 4 is 72.5 Å². The molecule has 2 aromatic carbocycles. The second-order valence-electron chi connectivity index (χ2n) is 6.38. The lowest BCUT2D eigenvalue weighted by Gasteiger charge is -2.22. The van der Waals surface area contributed by atoms with Crippen molar-refractivity contribution in [3.63, 3.8) is 0 Å².